The Balaban J connectivity index is 1.06. The van der Waals surface area contributed by atoms with Crippen LogP contribution in [0.3, 0.4) is 0 Å². The fourth-order valence-electron chi connectivity index (χ4n) is 9.30. The zero-order chi connectivity index (χ0) is 40.0. The first kappa shape index (κ1) is 33.6. The number of furan rings is 2. The lowest BCUT2D eigenvalue weighted by Crippen LogP contribution is -2.01. The third-order valence-electron chi connectivity index (χ3n) is 12.0. The third kappa shape index (κ3) is 5.19. The van der Waals surface area contributed by atoms with Crippen molar-refractivity contribution >= 4 is 76.5 Å². The molecular formula is C55H32N4O2. The molecule has 13 rings (SSSR count). The number of fused-ring (bicyclic) bond motifs is 11. The molecular weight excluding hydrogens is 749 g/mol. The molecule has 0 radical (unpaired) electrons. The van der Waals surface area contributed by atoms with Crippen LogP contribution in [0.4, 0.5) is 0 Å². The minimum atomic E-state index is 0.571. The van der Waals surface area contributed by atoms with Crippen molar-refractivity contribution in [2.24, 2.45) is 0 Å². The molecule has 9 aromatic carbocycles. The standard InChI is InChI=1S/C55H32N4O2/c1-2-14-34(15-3-1)53-56-54(58-55(57-53)36-28-29-40-39-19-6-8-24-46(39)61-49(40)32-36)35-16-10-17-37(31-35)59-51-38-18-5-4-13-33(38)27-30-44(51)43-23-11-22-42(52(43)59)41-21-12-26-48-50(41)45-20-7-9-25-47(45)60-48/h1-32H. The van der Waals surface area contributed by atoms with Crippen LogP contribution in [0.15, 0.2) is 203 Å². The van der Waals surface area contributed by atoms with Crippen LogP contribution in [-0.2, 0) is 0 Å². The molecule has 0 aliphatic heterocycles. The predicted molar refractivity (Wildman–Crippen MR) is 248 cm³/mol. The van der Waals surface area contributed by atoms with Gasteiger partial charge >= 0.3 is 0 Å². The summed E-state index contributed by atoms with van der Waals surface area (Å²) in [5.41, 5.74) is 11.5. The van der Waals surface area contributed by atoms with Gasteiger partial charge < -0.3 is 13.4 Å². The molecule has 0 atom stereocenters. The lowest BCUT2D eigenvalue weighted by Gasteiger charge is -2.15. The van der Waals surface area contributed by atoms with E-state index in [-0.39, 0.29) is 0 Å². The molecule has 0 aliphatic rings. The Morgan fingerprint density at radius 3 is 1.74 bits per heavy atom. The van der Waals surface area contributed by atoms with Crippen molar-refractivity contribution in [1.82, 2.24) is 19.5 Å². The van der Waals surface area contributed by atoms with Gasteiger partial charge in [-0.3, -0.25) is 0 Å². The smallest absolute Gasteiger partial charge is 0.164 e. The van der Waals surface area contributed by atoms with Gasteiger partial charge in [0, 0.05) is 65.6 Å². The molecule has 4 heterocycles. The number of rotatable bonds is 5. The molecule has 61 heavy (non-hydrogen) atoms. The first-order valence-electron chi connectivity index (χ1n) is 20.4. The monoisotopic (exact) mass is 780 g/mol. The van der Waals surface area contributed by atoms with Gasteiger partial charge in [-0.1, -0.05) is 152 Å². The van der Waals surface area contributed by atoms with E-state index in [0.717, 1.165) is 88.4 Å². The second-order valence-electron chi connectivity index (χ2n) is 15.5. The second-order valence-corrected chi connectivity index (χ2v) is 15.5. The first-order chi connectivity index (χ1) is 30.2. The molecule has 284 valence electrons. The summed E-state index contributed by atoms with van der Waals surface area (Å²) in [4.78, 5) is 15.4. The van der Waals surface area contributed by atoms with E-state index in [0.29, 0.717) is 17.5 Å². The summed E-state index contributed by atoms with van der Waals surface area (Å²) in [6.45, 7) is 0. The number of benzene rings is 9. The van der Waals surface area contributed by atoms with Crippen LogP contribution in [0.5, 0.6) is 0 Å². The molecule has 0 N–H and O–H groups in total. The number of para-hydroxylation sites is 3. The van der Waals surface area contributed by atoms with Gasteiger partial charge in [0.25, 0.3) is 0 Å². The van der Waals surface area contributed by atoms with Crippen molar-refractivity contribution < 1.29 is 8.83 Å². The topological polar surface area (TPSA) is 69.9 Å². The highest BCUT2D eigenvalue weighted by Gasteiger charge is 2.22. The van der Waals surface area contributed by atoms with Crippen LogP contribution >= 0.6 is 0 Å². The number of nitrogens with zero attached hydrogens (tertiary/aromatic N) is 4. The molecule has 0 unspecified atom stereocenters. The lowest BCUT2D eigenvalue weighted by atomic mass is 9.97. The predicted octanol–water partition coefficient (Wildman–Crippen LogP) is 14.6. The van der Waals surface area contributed by atoms with Crippen LogP contribution in [0, 0.1) is 0 Å². The van der Waals surface area contributed by atoms with E-state index in [1.807, 2.05) is 66.7 Å². The highest BCUT2D eigenvalue weighted by molar-refractivity contribution is 6.23. The highest BCUT2D eigenvalue weighted by Crippen LogP contribution is 2.44. The van der Waals surface area contributed by atoms with Crippen molar-refractivity contribution in [3.63, 3.8) is 0 Å². The van der Waals surface area contributed by atoms with Crippen molar-refractivity contribution in [1.29, 1.82) is 0 Å². The molecule has 0 amide bonds. The van der Waals surface area contributed by atoms with Crippen molar-refractivity contribution in [2.45, 2.75) is 0 Å². The average Bonchev–Trinajstić information content (AvgIpc) is 4.01. The SMILES string of the molecule is c1ccc(-c2nc(-c3cccc(-n4c5c(-c6cccc7oc8ccccc8c67)cccc5c5ccc6ccccc6c54)c3)nc(-c3ccc4c(c3)oc3ccccc34)n2)cc1. The molecule has 0 fully saturated rings. The maximum atomic E-state index is 6.41. The summed E-state index contributed by atoms with van der Waals surface area (Å²) >= 11 is 0. The second kappa shape index (κ2) is 13.1. The summed E-state index contributed by atoms with van der Waals surface area (Å²) in [5, 5.41) is 9.04. The van der Waals surface area contributed by atoms with E-state index in [1.54, 1.807) is 0 Å². The Labute approximate surface area is 348 Å². The molecule has 13 aromatic rings. The van der Waals surface area contributed by atoms with Gasteiger partial charge in [0.2, 0.25) is 0 Å². The lowest BCUT2D eigenvalue weighted by molar-refractivity contribution is 0.668. The number of hydrogen-bond donors (Lipinski definition) is 0. The quantitative estimate of drug-likeness (QED) is 0.174. The molecule has 4 aromatic heterocycles. The molecule has 0 spiro atoms. The molecule has 0 saturated heterocycles. The zero-order valence-corrected chi connectivity index (χ0v) is 32.6. The van der Waals surface area contributed by atoms with Crippen LogP contribution in [0.1, 0.15) is 0 Å². The van der Waals surface area contributed by atoms with Crippen molar-refractivity contribution in [3.8, 4) is 51.0 Å². The average molecular weight is 781 g/mol. The fraction of sp³-hybridized carbons (Fsp3) is 0. The van der Waals surface area contributed by atoms with Crippen LogP contribution in [-0.4, -0.2) is 19.5 Å². The first-order valence-corrected chi connectivity index (χ1v) is 20.4. The summed E-state index contributed by atoms with van der Waals surface area (Å²) in [6.07, 6.45) is 0. The Hall–Kier alpha value is -8.35. The highest BCUT2D eigenvalue weighted by atomic mass is 16.3. The molecule has 0 saturated carbocycles. The van der Waals surface area contributed by atoms with E-state index in [1.165, 1.54) is 21.5 Å². The third-order valence-corrected chi connectivity index (χ3v) is 12.0. The van der Waals surface area contributed by atoms with Gasteiger partial charge in [-0.05, 0) is 53.4 Å². The largest absolute Gasteiger partial charge is 0.456 e. The van der Waals surface area contributed by atoms with Gasteiger partial charge in [-0.25, -0.2) is 15.0 Å². The summed E-state index contributed by atoms with van der Waals surface area (Å²) in [6, 6.07) is 67.5. The normalized spacial score (nSPS) is 11.9. The Bertz CT molecular complexity index is 3900. The zero-order valence-electron chi connectivity index (χ0n) is 32.6. The fourth-order valence-corrected chi connectivity index (χ4v) is 9.30. The maximum absolute atomic E-state index is 6.41. The van der Waals surface area contributed by atoms with Gasteiger partial charge in [0.1, 0.15) is 22.3 Å². The molecule has 0 bridgehead atoms. The van der Waals surface area contributed by atoms with Crippen molar-refractivity contribution in [3.05, 3.63) is 194 Å². The summed E-state index contributed by atoms with van der Waals surface area (Å²) < 4.78 is 15.1. The van der Waals surface area contributed by atoms with Crippen LogP contribution < -0.4 is 0 Å². The maximum Gasteiger partial charge on any atom is 0.164 e. The van der Waals surface area contributed by atoms with E-state index in [9.17, 15) is 0 Å². The number of hydrogen-bond acceptors (Lipinski definition) is 5. The van der Waals surface area contributed by atoms with Gasteiger partial charge in [-0.2, -0.15) is 0 Å². The minimum absolute atomic E-state index is 0.571. The minimum Gasteiger partial charge on any atom is -0.456 e. The molecule has 6 nitrogen and oxygen atoms in total. The van der Waals surface area contributed by atoms with Gasteiger partial charge in [0.05, 0.1) is 11.0 Å². The van der Waals surface area contributed by atoms with Gasteiger partial charge in [-0.15, -0.1) is 0 Å². The van der Waals surface area contributed by atoms with E-state index in [2.05, 4.69) is 132 Å². The number of aromatic nitrogens is 4. The molecule has 0 aliphatic carbocycles. The molecule has 6 heteroatoms. The van der Waals surface area contributed by atoms with Crippen LogP contribution in [0.2, 0.25) is 0 Å². The van der Waals surface area contributed by atoms with E-state index >= 15 is 0 Å². The Morgan fingerprint density at radius 1 is 0.328 bits per heavy atom. The summed E-state index contributed by atoms with van der Waals surface area (Å²) in [7, 11) is 0. The van der Waals surface area contributed by atoms with Gasteiger partial charge in [0.15, 0.2) is 17.5 Å². The van der Waals surface area contributed by atoms with Crippen molar-refractivity contribution in [2.75, 3.05) is 0 Å². The van der Waals surface area contributed by atoms with E-state index in [4.69, 9.17) is 23.8 Å². The Morgan fingerprint density at radius 2 is 0.885 bits per heavy atom. The Kier molecular flexibility index (Phi) is 7.21. The van der Waals surface area contributed by atoms with E-state index < -0.39 is 0 Å². The van der Waals surface area contributed by atoms with Crippen LogP contribution in [0.25, 0.3) is 127 Å². The summed E-state index contributed by atoms with van der Waals surface area (Å²) in [5.74, 6) is 1.75.